The van der Waals surface area contributed by atoms with Crippen LogP contribution in [0.3, 0.4) is 0 Å². The van der Waals surface area contributed by atoms with Gasteiger partial charge in [0, 0.05) is 12.3 Å². The van der Waals surface area contributed by atoms with Crippen LogP contribution in [0, 0.1) is 0 Å². The molecule has 0 aromatic rings. The molecular weight excluding hydrogens is 162 g/mol. The van der Waals surface area contributed by atoms with Crippen LogP contribution < -0.4 is 5.73 Å². The zero-order chi connectivity index (χ0) is 9.07. The van der Waals surface area contributed by atoms with Crippen molar-refractivity contribution in [2.75, 3.05) is 6.26 Å². The minimum atomic E-state index is -2.95. The summed E-state index contributed by atoms with van der Waals surface area (Å²) in [6.07, 6.45) is 2.93. The molecule has 2 N–H and O–H groups in total. The molecule has 0 aliphatic heterocycles. The Kier molecular flexibility index (Phi) is 4.03. The zero-order valence-corrected chi connectivity index (χ0v) is 8.19. The van der Waals surface area contributed by atoms with Crippen LogP contribution in [0.5, 0.6) is 0 Å². The smallest absolute Gasteiger partial charge is 0.151 e. The minimum Gasteiger partial charge on any atom is -0.327 e. The molecular formula is C7H17NO2S. The summed E-state index contributed by atoms with van der Waals surface area (Å²) in [5, 5.41) is -0.414. The van der Waals surface area contributed by atoms with E-state index >= 15 is 0 Å². The first kappa shape index (κ1) is 10.9. The Morgan fingerprint density at radius 3 is 2.18 bits per heavy atom. The largest absolute Gasteiger partial charge is 0.327 e. The first-order valence-corrected chi connectivity index (χ1v) is 5.79. The maximum absolute atomic E-state index is 11.0. The molecule has 0 spiro atoms. The Hall–Kier alpha value is -0.0900. The van der Waals surface area contributed by atoms with Gasteiger partial charge >= 0.3 is 0 Å². The Bertz CT molecular complexity index is 198. The molecule has 2 atom stereocenters. The molecule has 0 heterocycles. The lowest BCUT2D eigenvalue weighted by Gasteiger charge is -2.16. The SMILES string of the molecule is CCCC(N)C(C)S(C)(=O)=O. The Morgan fingerprint density at radius 1 is 1.45 bits per heavy atom. The van der Waals surface area contributed by atoms with Crippen LogP contribution in [0.4, 0.5) is 0 Å². The maximum Gasteiger partial charge on any atom is 0.151 e. The third-order valence-electron chi connectivity index (χ3n) is 1.90. The molecule has 0 aromatic carbocycles. The van der Waals surface area contributed by atoms with Gasteiger partial charge in [-0.15, -0.1) is 0 Å². The molecule has 2 unspecified atom stereocenters. The van der Waals surface area contributed by atoms with E-state index in [2.05, 4.69) is 0 Å². The van der Waals surface area contributed by atoms with E-state index < -0.39 is 15.1 Å². The molecule has 0 aliphatic rings. The van der Waals surface area contributed by atoms with Crippen molar-refractivity contribution in [3.05, 3.63) is 0 Å². The summed E-state index contributed by atoms with van der Waals surface area (Å²) < 4.78 is 21.9. The van der Waals surface area contributed by atoms with Crippen molar-refractivity contribution in [2.45, 2.75) is 38.0 Å². The second-order valence-electron chi connectivity index (χ2n) is 2.99. The van der Waals surface area contributed by atoms with Crippen LogP contribution in [0.2, 0.25) is 0 Å². The quantitative estimate of drug-likeness (QED) is 0.685. The number of hydrogen-bond acceptors (Lipinski definition) is 3. The number of rotatable bonds is 4. The van der Waals surface area contributed by atoms with Crippen LogP contribution in [0.1, 0.15) is 26.7 Å². The van der Waals surface area contributed by atoms with Crippen LogP contribution in [0.25, 0.3) is 0 Å². The highest BCUT2D eigenvalue weighted by Gasteiger charge is 2.21. The first-order chi connectivity index (χ1) is 4.89. The second-order valence-corrected chi connectivity index (χ2v) is 5.39. The lowest BCUT2D eigenvalue weighted by atomic mass is 10.1. The predicted octanol–water partition coefficient (Wildman–Crippen LogP) is 0.547. The van der Waals surface area contributed by atoms with Gasteiger partial charge in [-0.3, -0.25) is 0 Å². The maximum atomic E-state index is 11.0. The summed E-state index contributed by atoms with van der Waals surface area (Å²) in [4.78, 5) is 0. The lowest BCUT2D eigenvalue weighted by molar-refractivity contribution is 0.543. The van der Waals surface area contributed by atoms with Gasteiger partial charge in [-0.25, -0.2) is 8.42 Å². The highest BCUT2D eigenvalue weighted by atomic mass is 32.2. The molecule has 0 fully saturated rings. The van der Waals surface area contributed by atoms with Crippen molar-refractivity contribution >= 4 is 9.84 Å². The monoisotopic (exact) mass is 179 g/mol. The van der Waals surface area contributed by atoms with Crippen molar-refractivity contribution in [1.29, 1.82) is 0 Å². The van der Waals surface area contributed by atoms with Gasteiger partial charge in [0.1, 0.15) is 0 Å². The Labute approximate surface area is 68.9 Å². The summed E-state index contributed by atoms with van der Waals surface area (Å²) in [6, 6.07) is -0.213. The molecule has 0 aliphatic carbocycles. The molecule has 0 radical (unpaired) electrons. The van der Waals surface area contributed by atoms with E-state index in [4.69, 9.17) is 5.73 Å². The number of sulfone groups is 1. The standard InChI is InChI=1S/C7H17NO2S/c1-4-5-7(8)6(2)11(3,9)10/h6-7H,4-5,8H2,1-3H3. The molecule has 0 bridgehead atoms. The van der Waals surface area contributed by atoms with Gasteiger partial charge in [0.2, 0.25) is 0 Å². The molecule has 0 rings (SSSR count). The van der Waals surface area contributed by atoms with Crippen molar-refractivity contribution in [2.24, 2.45) is 5.73 Å². The van der Waals surface area contributed by atoms with Crippen LogP contribution in [0.15, 0.2) is 0 Å². The predicted molar refractivity (Wildman–Crippen MR) is 47.2 cm³/mol. The van der Waals surface area contributed by atoms with E-state index in [9.17, 15) is 8.42 Å². The second kappa shape index (κ2) is 4.07. The highest BCUT2D eigenvalue weighted by Crippen LogP contribution is 2.06. The number of nitrogens with two attached hydrogens (primary N) is 1. The average Bonchev–Trinajstić information content (AvgIpc) is 1.85. The zero-order valence-electron chi connectivity index (χ0n) is 7.37. The number of hydrogen-bond donors (Lipinski definition) is 1. The van der Waals surface area contributed by atoms with Crippen molar-refractivity contribution in [3.63, 3.8) is 0 Å². The topological polar surface area (TPSA) is 60.2 Å². The van der Waals surface area contributed by atoms with Crippen LogP contribution in [-0.2, 0) is 9.84 Å². The van der Waals surface area contributed by atoms with E-state index in [0.29, 0.717) is 0 Å². The van der Waals surface area contributed by atoms with Crippen LogP contribution in [-0.4, -0.2) is 26.0 Å². The third kappa shape index (κ3) is 3.72. The average molecular weight is 179 g/mol. The summed E-state index contributed by atoms with van der Waals surface area (Å²) in [6.45, 7) is 3.66. The van der Waals surface area contributed by atoms with E-state index in [1.54, 1.807) is 6.92 Å². The first-order valence-electron chi connectivity index (χ1n) is 3.84. The lowest BCUT2D eigenvalue weighted by Crippen LogP contribution is -2.37. The fourth-order valence-electron chi connectivity index (χ4n) is 0.886. The molecule has 68 valence electrons. The molecule has 0 saturated carbocycles. The van der Waals surface area contributed by atoms with E-state index in [-0.39, 0.29) is 6.04 Å². The fraction of sp³-hybridized carbons (Fsp3) is 1.00. The summed E-state index contributed by atoms with van der Waals surface area (Å²) in [7, 11) is -2.95. The normalized spacial score (nSPS) is 17.8. The summed E-state index contributed by atoms with van der Waals surface area (Å²) in [5.74, 6) is 0. The fourth-order valence-corrected chi connectivity index (χ4v) is 1.66. The van der Waals surface area contributed by atoms with Gasteiger partial charge in [0.15, 0.2) is 9.84 Å². The van der Waals surface area contributed by atoms with Gasteiger partial charge in [0.05, 0.1) is 5.25 Å². The van der Waals surface area contributed by atoms with E-state index in [1.165, 1.54) is 6.26 Å². The van der Waals surface area contributed by atoms with E-state index in [0.717, 1.165) is 12.8 Å². The van der Waals surface area contributed by atoms with Crippen molar-refractivity contribution in [1.82, 2.24) is 0 Å². The van der Waals surface area contributed by atoms with Crippen molar-refractivity contribution < 1.29 is 8.42 Å². The highest BCUT2D eigenvalue weighted by molar-refractivity contribution is 7.91. The molecule has 0 amide bonds. The van der Waals surface area contributed by atoms with Gasteiger partial charge in [-0.05, 0) is 13.3 Å². The van der Waals surface area contributed by atoms with Crippen molar-refractivity contribution in [3.8, 4) is 0 Å². The molecule has 11 heavy (non-hydrogen) atoms. The molecule has 0 saturated heterocycles. The molecule has 3 nitrogen and oxygen atoms in total. The van der Waals surface area contributed by atoms with E-state index in [1.807, 2.05) is 6.92 Å². The van der Waals surface area contributed by atoms with Gasteiger partial charge < -0.3 is 5.73 Å². The summed E-state index contributed by atoms with van der Waals surface area (Å²) >= 11 is 0. The van der Waals surface area contributed by atoms with Gasteiger partial charge in [-0.1, -0.05) is 13.3 Å². The minimum absolute atomic E-state index is 0.213. The Balaban J connectivity index is 4.14. The van der Waals surface area contributed by atoms with Crippen LogP contribution >= 0.6 is 0 Å². The van der Waals surface area contributed by atoms with Gasteiger partial charge in [-0.2, -0.15) is 0 Å². The Morgan fingerprint density at radius 2 is 1.91 bits per heavy atom. The summed E-state index contributed by atoms with van der Waals surface area (Å²) in [5.41, 5.74) is 5.63. The molecule has 4 heteroatoms. The third-order valence-corrected chi connectivity index (χ3v) is 3.60. The van der Waals surface area contributed by atoms with Gasteiger partial charge in [0.25, 0.3) is 0 Å². The molecule has 0 aromatic heterocycles.